The number of fused-ring (bicyclic) bond motifs is 3. The largest absolute Gasteiger partial charge is 0.392 e. The second-order valence-electron chi connectivity index (χ2n) is 10.5. The summed E-state index contributed by atoms with van der Waals surface area (Å²) in [6.45, 7) is 0.0189. The van der Waals surface area contributed by atoms with E-state index >= 15 is 0 Å². The van der Waals surface area contributed by atoms with Gasteiger partial charge in [0.1, 0.15) is 5.82 Å². The van der Waals surface area contributed by atoms with Crippen LogP contribution in [0.1, 0.15) is 53.3 Å². The highest BCUT2D eigenvalue weighted by Crippen LogP contribution is 2.41. The monoisotopic (exact) mass is 499 g/mol. The molecule has 3 aromatic carbocycles. The van der Waals surface area contributed by atoms with Gasteiger partial charge < -0.3 is 10.8 Å². The summed E-state index contributed by atoms with van der Waals surface area (Å²) < 4.78 is 2.06. The minimum atomic E-state index is -0.178. The van der Waals surface area contributed by atoms with Crippen LogP contribution in [0.4, 0.5) is 0 Å². The van der Waals surface area contributed by atoms with Gasteiger partial charge in [0, 0.05) is 28.4 Å². The predicted octanol–water partition coefficient (Wildman–Crippen LogP) is 5.30. The Morgan fingerprint density at radius 1 is 0.868 bits per heavy atom. The van der Waals surface area contributed by atoms with E-state index in [2.05, 4.69) is 75.4 Å². The van der Waals surface area contributed by atoms with Crippen LogP contribution in [0, 0.1) is 0 Å². The molecular formula is C32H29N5O. The lowest BCUT2D eigenvalue weighted by Gasteiger charge is -2.38. The molecule has 4 aromatic rings. The number of aliphatic hydroxyl groups excluding tert-OH is 1. The molecule has 3 N–H and O–H groups in total. The quantitative estimate of drug-likeness (QED) is 0.390. The van der Waals surface area contributed by atoms with Crippen molar-refractivity contribution < 1.29 is 5.11 Å². The fourth-order valence-electron chi connectivity index (χ4n) is 5.74. The Morgan fingerprint density at radius 3 is 2.29 bits per heavy atom. The van der Waals surface area contributed by atoms with Crippen LogP contribution in [0.3, 0.4) is 0 Å². The molecule has 38 heavy (non-hydrogen) atoms. The minimum absolute atomic E-state index is 0.0189. The van der Waals surface area contributed by atoms with Crippen molar-refractivity contribution >= 4 is 17.5 Å². The Kier molecular flexibility index (Phi) is 5.46. The van der Waals surface area contributed by atoms with Gasteiger partial charge >= 0.3 is 0 Å². The Hall–Kier alpha value is -4.13. The summed E-state index contributed by atoms with van der Waals surface area (Å²) in [5.41, 5.74) is 13.8. The van der Waals surface area contributed by atoms with Crippen molar-refractivity contribution in [2.24, 2.45) is 10.7 Å². The first-order valence-electron chi connectivity index (χ1n) is 13.2. The number of aliphatic hydroxyl groups is 1. The topological polar surface area (TPSA) is 89.3 Å². The van der Waals surface area contributed by atoms with Crippen LogP contribution < -0.4 is 5.73 Å². The third kappa shape index (κ3) is 3.76. The van der Waals surface area contributed by atoms with Gasteiger partial charge in [-0.1, -0.05) is 84.9 Å². The average Bonchev–Trinajstić information content (AvgIpc) is 3.40. The van der Waals surface area contributed by atoms with E-state index in [1.807, 2.05) is 36.5 Å². The molecule has 1 fully saturated rings. The van der Waals surface area contributed by atoms with E-state index in [4.69, 9.17) is 10.7 Å². The summed E-state index contributed by atoms with van der Waals surface area (Å²) in [6, 6.07) is 26.8. The molecule has 1 saturated carbocycles. The zero-order valence-electron chi connectivity index (χ0n) is 21.0. The molecule has 6 heteroatoms. The van der Waals surface area contributed by atoms with E-state index in [0.29, 0.717) is 0 Å². The van der Waals surface area contributed by atoms with Crippen LogP contribution in [-0.4, -0.2) is 31.6 Å². The van der Waals surface area contributed by atoms with Gasteiger partial charge in [0.2, 0.25) is 0 Å². The molecule has 1 aromatic heterocycles. The highest BCUT2D eigenvalue weighted by atomic mass is 16.3. The third-order valence-electron chi connectivity index (χ3n) is 8.16. The lowest BCUT2D eigenvalue weighted by Crippen LogP contribution is -2.43. The Morgan fingerprint density at radius 2 is 1.61 bits per heavy atom. The van der Waals surface area contributed by atoms with Crippen molar-refractivity contribution in [2.45, 2.75) is 43.4 Å². The highest BCUT2D eigenvalue weighted by Gasteiger charge is 2.36. The number of hydrogen-bond donors (Lipinski definition) is 2. The third-order valence-corrected chi connectivity index (χ3v) is 8.16. The molecule has 7 rings (SSSR count). The molecule has 2 unspecified atom stereocenters. The number of hydrogen-bond acceptors (Lipinski definition) is 5. The molecule has 3 heterocycles. The van der Waals surface area contributed by atoms with Crippen LogP contribution in [0.2, 0.25) is 0 Å². The van der Waals surface area contributed by atoms with E-state index < -0.39 is 0 Å². The SMILES string of the molecule is NC1(c2ccc(C3=NC4C=Cn5c(-c6ccc(CO)cc6)nnc5C4C=C3c3ccccc3)cc2)CCC1. The molecule has 0 saturated heterocycles. The van der Waals surface area contributed by atoms with Crippen molar-refractivity contribution in [1.29, 1.82) is 0 Å². The van der Waals surface area contributed by atoms with Gasteiger partial charge in [-0.25, -0.2) is 0 Å². The number of aliphatic imine (C=N–C) groups is 1. The predicted molar refractivity (Wildman–Crippen MR) is 150 cm³/mol. The second kappa shape index (κ2) is 9.01. The van der Waals surface area contributed by atoms with E-state index in [1.54, 1.807) is 0 Å². The average molecular weight is 500 g/mol. The first-order chi connectivity index (χ1) is 18.6. The van der Waals surface area contributed by atoms with Crippen molar-refractivity contribution in [3.8, 4) is 11.4 Å². The van der Waals surface area contributed by atoms with E-state index in [1.165, 1.54) is 12.0 Å². The standard InChI is InChI=1S/C32H29N5O/c33-32(16-4-17-32)25-13-11-23(12-14-25)29-26(22-5-2-1-3-6-22)19-27-28(34-29)15-18-37-30(35-36-31(27)37)24-9-7-21(20-38)8-10-24/h1-3,5-15,18-19,27-28,38H,4,16-17,20,33H2. The van der Waals surface area contributed by atoms with Gasteiger partial charge in [0.05, 0.1) is 24.3 Å². The van der Waals surface area contributed by atoms with Gasteiger partial charge in [-0.15, -0.1) is 10.2 Å². The maximum absolute atomic E-state index is 9.40. The summed E-state index contributed by atoms with van der Waals surface area (Å²) in [4.78, 5) is 5.28. The molecule has 0 amide bonds. The smallest absolute Gasteiger partial charge is 0.168 e. The van der Waals surface area contributed by atoms with Gasteiger partial charge in [0.25, 0.3) is 0 Å². The molecule has 6 nitrogen and oxygen atoms in total. The minimum Gasteiger partial charge on any atom is -0.392 e. The zero-order valence-corrected chi connectivity index (χ0v) is 21.0. The second-order valence-corrected chi connectivity index (χ2v) is 10.5. The number of nitrogens with two attached hydrogens (primary N) is 1. The van der Waals surface area contributed by atoms with Gasteiger partial charge in [-0.3, -0.25) is 9.56 Å². The molecule has 0 spiro atoms. The summed E-state index contributed by atoms with van der Waals surface area (Å²) in [5, 5.41) is 18.6. The van der Waals surface area contributed by atoms with Crippen LogP contribution in [0.15, 0.2) is 96.0 Å². The fraction of sp³-hybridized carbons (Fsp3) is 0.219. The van der Waals surface area contributed by atoms with E-state index in [-0.39, 0.29) is 24.1 Å². The Balaban J connectivity index is 1.29. The number of rotatable bonds is 5. The fourth-order valence-corrected chi connectivity index (χ4v) is 5.74. The Labute approximate surface area is 221 Å². The van der Waals surface area contributed by atoms with Crippen molar-refractivity contribution in [3.05, 3.63) is 119 Å². The number of benzene rings is 3. The molecular weight excluding hydrogens is 470 g/mol. The molecule has 2 aliphatic heterocycles. The molecule has 2 atom stereocenters. The lowest BCUT2D eigenvalue weighted by atomic mass is 9.72. The number of allylic oxidation sites excluding steroid dienone is 1. The summed E-state index contributed by atoms with van der Waals surface area (Å²) in [5.74, 6) is 1.63. The van der Waals surface area contributed by atoms with Crippen LogP contribution in [0.25, 0.3) is 23.2 Å². The number of nitrogens with zero attached hydrogens (tertiary/aromatic N) is 4. The van der Waals surface area contributed by atoms with E-state index in [9.17, 15) is 5.11 Å². The molecule has 0 bridgehead atoms. The lowest BCUT2D eigenvalue weighted by molar-refractivity contribution is 0.253. The normalized spacial score (nSPS) is 21.1. The summed E-state index contributed by atoms with van der Waals surface area (Å²) in [7, 11) is 0. The highest BCUT2D eigenvalue weighted by molar-refractivity contribution is 6.32. The van der Waals surface area contributed by atoms with Gasteiger partial charge in [0.15, 0.2) is 5.82 Å². The maximum atomic E-state index is 9.40. The molecule has 1 aliphatic carbocycles. The number of aromatic nitrogens is 3. The summed E-state index contributed by atoms with van der Waals surface area (Å²) in [6.07, 6.45) is 9.77. The molecule has 0 radical (unpaired) electrons. The van der Waals surface area contributed by atoms with Crippen molar-refractivity contribution in [2.75, 3.05) is 0 Å². The summed E-state index contributed by atoms with van der Waals surface area (Å²) >= 11 is 0. The zero-order chi connectivity index (χ0) is 25.7. The van der Waals surface area contributed by atoms with Gasteiger partial charge in [-0.2, -0.15) is 0 Å². The van der Waals surface area contributed by atoms with Crippen LogP contribution in [-0.2, 0) is 12.1 Å². The van der Waals surface area contributed by atoms with Crippen LogP contribution in [0.5, 0.6) is 0 Å². The first-order valence-corrected chi connectivity index (χ1v) is 13.2. The van der Waals surface area contributed by atoms with Crippen molar-refractivity contribution in [1.82, 2.24) is 14.8 Å². The number of dihydropyridines is 1. The first kappa shape index (κ1) is 23.0. The van der Waals surface area contributed by atoms with Crippen LogP contribution >= 0.6 is 0 Å². The Bertz CT molecular complexity index is 1580. The molecule has 188 valence electrons. The maximum Gasteiger partial charge on any atom is 0.168 e. The van der Waals surface area contributed by atoms with E-state index in [0.717, 1.165) is 58.0 Å². The van der Waals surface area contributed by atoms with Gasteiger partial charge in [-0.05, 0) is 42.0 Å². The molecule has 3 aliphatic rings. The van der Waals surface area contributed by atoms with Crippen molar-refractivity contribution in [3.63, 3.8) is 0 Å².